The second-order valence-corrected chi connectivity index (χ2v) is 5.64. The highest BCUT2D eigenvalue weighted by Crippen LogP contribution is 2.37. The van der Waals surface area contributed by atoms with Crippen LogP contribution in [0.25, 0.3) is 22.6 Å². The summed E-state index contributed by atoms with van der Waals surface area (Å²) in [5.41, 5.74) is 9.08. The molecule has 4 rings (SSSR count). The molecule has 1 aliphatic rings. The van der Waals surface area contributed by atoms with E-state index in [4.69, 9.17) is 5.73 Å². The number of nitrogens with zero attached hydrogens (tertiary/aromatic N) is 3. The van der Waals surface area contributed by atoms with Gasteiger partial charge in [0.1, 0.15) is 11.5 Å². The summed E-state index contributed by atoms with van der Waals surface area (Å²) in [7, 11) is 2.02. The van der Waals surface area contributed by atoms with Gasteiger partial charge in [-0.25, -0.2) is 9.97 Å². The van der Waals surface area contributed by atoms with Crippen LogP contribution in [-0.2, 0) is 12.6 Å². The molecule has 1 aliphatic carbocycles. The summed E-state index contributed by atoms with van der Waals surface area (Å²) in [4.78, 5) is 12.5. The minimum Gasteiger partial charge on any atom is -0.338 e. The minimum absolute atomic E-state index is 0.261. The van der Waals surface area contributed by atoms with Crippen LogP contribution in [0.3, 0.4) is 0 Å². The maximum Gasteiger partial charge on any atom is 0.159 e. The van der Waals surface area contributed by atoms with E-state index in [0.717, 1.165) is 41.2 Å². The molecule has 2 aromatic heterocycles. The molecule has 1 aromatic carbocycles. The van der Waals surface area contributed by atoms with Crippen LogP contribution in [0.15, 0.2) is 30.5 Å². The highest BCUT2D eigenvalue weighted by Gasteiger charge is 2.37. The van der Waals surface area contributed by atoms with Gasteiger partial charge in [-0.3, -0.25) is 0 Å². The van der Waals surface area contributed by atoms with Crippen LogP contribution in [0, 0.1) is 0 Å². The normalized spacial score (nSPS) is 17.3. The molecular formula is C15H17N5. The first-order valence-corrected chi connectivity index (χ1v) is 6.94. The van der Waals surface area contributed by atoms with Crippen LogP contribution in [0.5, 0.6) is 0 Å². The fraction of sp³-hybridized carbons (Fsp3) is 0.333. The third-order valence-corrected chi connectivity index (χ3v) is 4.32. The zero-order valence-electron chi connectivity index (χ0n) is 11.4. The van der Waals surface area contributed by atoms with Crippen LogP contribution >= 0.6 is 0 Å². The predicted molar refractivity (Wildman–Crippen MR) is 78.0 cm³/mol. The highest BCUT2D eigenvalue weighted by atomic mass is 15.1. The first-order valence-electron chi connectivity index (χ1n) is 6.94. The van der Waals surface area contributed by atoms with Crippen molar-refractivity contribution in [3.05, 3.63) is 36.3 Å². The van der Waals surface area contributed by atoms with E-state index in [1.165, 1.54) is 6.42 Å². The topological polar surface area (TPSA) is 72.5 Å². The summed E-state index contributed by atoms with van der Waals surface area (Å²) in [5.74, 6) is 1.78. The lowest BCUT2D eigenvalue weighted by molar-refractivity contribution is 0.240. The van der Waals surface area contributed by atoms with Crippen LogP contribution in [0.2, 0.25) is 0 Å². The van der Waals surface area contributed by atoms with Gasteiger partial charge in [-0.05, 0) is 31.4 Å². The molecule has 0 atom stereocenters. The quantitative estimate of drug-likeness (QED) is 0.748. The zero-order chi connectivity index (χ0) is 13.7. The SMILES string of the molecule is Cn1c(-c2cnc(C3(N)CCC3)[nH]2)nc2ccccc21. The summed E-state index contributed by atoms with van der Waals surface area (Å²) in [6.07, 6.45) is 5.02. The summed E-state index contributed by atoms with van der Waals surface area (Å²) < 4.78 is 2.08. The van der Waals surface area contributed by atoms with E-state index in [0.29, 0.717) is 0 Å². The van der Waals surface area contributed by atoms with Crippen molar-refractivity contribution in [3.63, 3.8) is 0 Å². The number of imidazole rings is 2. The van der Waals surface area contributed by atoms with E-state index in [1.54, 1.807) is 0 Å². The van der Waals surface area contributed by atoms with E-state index in [9.17, 15) is 0 Å². The first-order chi connectivity index (χ1) is 9.67. The Hall–Kier alpha value is -2.14. The molecule has 0 saturated heterocycles. The lowest BCUT2D eigenvalue weighted by Crippen LogP contribution is -2.44. The Labute approximate surface area is 116 Å². The Balaban J connectivity index is 1.81. The van der Waals surface area contributed by atoms with E-state index in [1.807, 2.05) is 31.4 Å². The van der Waals surface area contributed by atoms with Crippen molar-refractivity contribution >= 4 is 11.0 Å². The molecule has 1 saturated carbocycles. The van der Waals surface area contributed by atoms with Crippen molar-refractivity contribution < 1.29 is 0 Å². The lowest BCUT2D eigenvalue weighted by Gasteiger charge is -2.35. The molecule has 0 spiro atoms. The lowest BCUT2D eigenvalue weighted by atomic mass is 9.77. The predicted octanol–water partition coefficient (Wildman–Crippen LogP) is 2.30. The van der Waals surface area contributed by atoms with Gasteiger partial charge in [0.05, 0.1) is 22.8 Å². The average Bonchev–Trinajstić information content (AvgIpc) is 3.02. The van der Waals surface area contributed by atoms with Gasteiger partial charge in [-0.2, -0.15) is 0 Å². The van der Waals surface area contributed by atoms with Crippen LogP contribution < -0.4 is 5.73 Å². The van der Waals surface area contributed by atoms with Crippen molar-refractivity contribution in [2.24, 2.45) is 12.8 Å². The van der Waals surface area contributed by atoms with Gasteiger partial charge in [0, 0.05) is 7.05 Å². The van der Waals surface area contributed by atoms with Crippen LogP contribution in [0.4, 0.5) is 0 Å². The maximum atomic E-state index is 6.31. The Morgan fingerprint density at radius 3 is 2.80 bits per heavy atom. The molecule has 3 aromatic rings. The van der Waals surface area contributed by atoms with Crippen LogP contribution in [0.1, 0.15) is 25.1 Å². The Morgan fingerprint density at radius 1 is 1.30 bits per heavy atom. The fourth-order valence-corrected chi connectivity index (χ4v) is 2.87. The molecule has 0 aliphatic heterocycles. The van der Waals surface area contributed by atoms with E-state index >= 15 is 0 Å². The molecule has 0 bridgehead atoms. The number of para-hydroxylation sites is 2. The van der Waals surface area contributed by atoms with E-state index in [2.05, 4.69) is 25.6 Å². The van der Waals surface area contributed by atoms with Crippen LogP contribution in [-0.4, -0.2) is 19.5 Å². The fourth-order valence-electron chi connectivity index (χ4n) is 2.87. The molecule has 20 heavy (non-hydrogen) atoms. The summed E-state index contributed by atoms with van der Waals surface area (Å²) >= 11 is 0. The molecular weight excluding hydrogens is 250 g/mol. The monoisotopic (exact) mass is 267 g/mol. The summed E-state index contributed by atoms with van der Waals surface area (Å²) in [6.45, 7) is 0. The number of hydrogen-bond donors (Lipinski definition) is 2. The van der Waals surface area contributed by atoms with Gasteiger partial charge in [0.15, 0.2) is 5.82 Å². The standard InChI is InChI=1S/C15H17N5/c1-20-12-6-3-2-5-10(12)18-13(20)11-9-17-14(19-11)15(16)7-4-8-15/h2-3,5-6,9H,4,7-8,16H2,1H3,(H,17,19). The number of H-pyrrole nitrogens is 1. The van der Waals surface area contributed by atoms with Gasteiger partial charge >= 0.3 is 0 Å². The molecule has 2 heterocycles. The number of aryl methyl sites for hydroxylation is 1. The second kappa shape index (κ2) is 3.93. The molecule has 5 nitrogen and oxygen atoms in total. The Bertz CT molecular complexity index is 779. The van der Waals surface area contributed by atoms with Crippen molar-refractivity contribution in [1.29, 1.82) is 0 Å². The number of hydrogen-bond acceptors (Lipinski definition) is 3. The second-order valence-electron chi connectivity index (χ2n) is 5.64. The average molecular weight is 267 g/mol. The Kier molecular flexibility index (Phi) is 2.29. The van der Waals surface area contributed by atoms with Crippen molar-refractivity contribution in [3.8, 4) is 11.5 Å². The van der Waals surface area contributed by atoms with Gasteiger partial charge < -0.3 is 15.3 Å². The number of aromatic amines is 1. The van der Waals surface area contributed by atoms with Gasteiger partial charge in [0.25, 0.3) is 0 Å². The van der Waals surface area contributed by atoms with Gasteiger partial charge in [0.2, 0.25) is 0 Å². The van der Waals surface area contributed by atoms with Crippen molar-refractivity contribution in [2.45, 2.75) is 24.8 Å². The number of nitrogens with one attached hydrogen (secondary N) is 1. The zero-order valence-corrected chi connectivity index (χ0v) is 11.4. The number of nitrogens with two attached hydrogens (primary N) is 1. The molecule has 1 fully saturated rings. The molecule has 3 N–H and O–H groups in total. The smallest absolute Gasteiger partial charge is 0.159 e. The molecule has 102 valence electrons. The maximum absolute atomic E-state index is 6.31. The third kappa shape index (κ3) is 1.53. The molecule has 0 unspecified atom stereocenters. The minimum atomic E-state index is -0.261. The number of benzene rings is 1. The number of rotatable bonds is 2. The third-order valence-electron chi connectivity index (χ3n) is 4.32. The number of fused-ring (bicyclic) bond motifs is 1. The Morgan fingerprint density at radius 2 is 2.10 bits per heavy atom. The molecule has 5 heteroatoms. The van der Waals surface area contributed by atoms with E-state index in [-0.39, 0.29) is 5.54 Å². The van der Waals surface area contributed by atoms with Gasteiger partial charge in [-0.15, -0.1) is 0 Å². The first kappa shape index (κ1) is 11.7. The van der Waals surface area contributed by atoms with Crippen molar-refractivity contribution in [2.75, 3.05) is 0 Å². The largest absolute Gasteiger partial charge is 0.338 e. The van der Waals surface area contributed by atoms with Gasteiger partial charge in [-0.1, -0.05) is 12.1 Å². The van der Waals surface area contributed by atoms with E-state index < -0.39 is 0 Å². The van der Waals surface area contributed by atoms with Crippen molar-refractivity contribution in [1.82, 2.24) is 19.5 Å². The summed E-state index contributed by atoms with van der Waals surface area (Å²) in [6, 6.07) is 8.11. The number of aromatic nitrogens is 4. The summed E-state index contributed by atoms with van der Waals surface area (Å²) in [5, 5.41) is 0. The molecule has 0 amide bonds. The highest BCUT2D eigenvalue weighted by molar-refractivity contribution is 5.79. The molecule has 0 radical (unpaired) electrons.